The van der Waals surface area contributed by atoms with Crippen molar-refractivity contribution in [3.05, 3.63) is 138 Å². The number of carbonyl (C=O) groups excluding carboxylic acids is 1. The van der Waals surface area contributed by atoms with Crippen molar-refractivity contribution in [3.8, 4) is 5.75 Å². The number of aromatic hydroxyl groups is 1. The van der Waals surface area contributed by atoms with Crippen molar-refractivity contribution in [1.29, 1.82) is 0 Å². The van der Waals surface area contributed by atoms with Crippen molar-refractivity contribution < 1.29 is 9.90 Å². The van der Waals surface area contributed by atoms with Crippen LogP contribution in [0.3, 0.4) is 0 Å². The summed E-state index contributed by atoms with van der Waals surface area (Å²) < 4.78 is 0. The summed E-state index contributed by atoms with van der Waals surface area (Å²) in [6, 6.07) is 20.3. The van der Waals surface area contributed by atoms with Crippen molar-refractivity contribution in [2.75, 3.05) is 6.54 Å². The van der Waals surface area contributed by atoms with Gasteiger partial charge in [-0.15, -0.1) is 10.2 Å². The number of hydrogen-bond acceptors (Lipinski definition) is 11. The van der Waals surface area contributed by atoms with Gasteiger partial charge in [0.15, 0.2) is 5.82 Å². The van der Waals surface area contributed by atoms with Gasteiger partial charge in [0.25, 0.3) is 0 Å². The third-order valence-corrected chi connectivity index (χ3v) is 12.4. The Morgan fingerprint density at radius 2 is 0.977 bits per heavy atom. The lowest BCUT2D eigenvalue weighted by molar-refractivity contribution is -0.117. The van der Waals surface area contributed by atoms with Crippen LogP contribution in [-0.4, -0.2) is 96.6 Å². The molecule has 0 bridgehead atoms. The second-order valence-corrected chi connectivity index (χ2v) is 30.1. The monoisotopic (exact) mass is 1190 g/mol. The molecule has 484 valence electrons. The Labute approximate surface area is 520 Å². The van der Waals surface area contributed by atoms with E-state index >= 15 is 0 Å². The summed E-state index contributed by atoms with van der Waals surface area (Å²) >= 11 is 0. The lowest BCUT2D eigenvalue weighted by Crippen LogP contribution is -2.34. The molecule has 0 fully saturated rings. The highest BCUT2D eigenvalue weighted by Gasteiger charge is 2.26. The van der Waals surface area contributed by atoms with Gasteiger partial charge in [0.05, 0.1) is 6.04 Å². The molecule has 86 heavy (non-hydrogen) atoms. The van der Waals surface area contributed by atoms with E-state index < -0.39 is 0 Å². The Kier molecular flexibility index (Phi) is 32.8. The quantitative estimate of drug-likeness (QED) is 0.0699. The highest BCUT2D eigenvalue weighted by Crippen LogP contribution is 2.30. The smallest absolute Gasteiger partial charge is 0.247 e. The number of H-pyrrole nitrogens is 6. The number of para-hydroxylation sites is 1. The molecule has 0 saturated heterocycles. The molecule has 2 aliphatic heterocycles. The first-order valence-electron chi connectivity index (χ1n) is 29.2. The zero-order valence-corrected chi connectivity index (χ0v) is 56.7. The molecule has 0 spiro atoms. The lowest BCUT2D eigenvalue weighted by Gasteiger charge is -2.25. The lowest BCUT2D eigenvalue weighted by atomic mass is 9.86. The minimum atomic E-state index is -0.0217. The topological polar surface area (TPSA) is 258 Å². The summed E-state index contributed by atoms with van der Waals surface area (Å²) in [4.78, 5) is 28.3. The predicted octanol–water partition coefficient (Wildman–Crippen LogP) is 16.1. The Hall–Kier alpha value is -7.11. The van der Waals surface area contributed by atoms with Gasteiger partial charge in [-0.1, -0.05) is 225 Å². The number of hydrogen-bond donors (Lipinski definition) is 9. The number of phenolic OH excluding ortho intramolecular Hbond substituents is 1. The molecule has 6 aromatic heterocycles. The normalized spacial score (nSPS) is 13.9. The first-order chi connectivity index (χ1) is 38.3. The minimum Gasteiger partial charge on any atom is -0.508 e. The van der Waals surface area contributed by atoms with Crippen LogP contribution in [0.25, 0.3) is 0 Å². The van der Waals surface area contributed by atoms with Gasteiger partial charge >= 0.3 is 0 Å². The summed E-state index contributed by atoms with van der Waals surface area (Å²) in [7, 11) is 0. The van der Waals surface area contributed by atoms with E-state index in [1.165, 1.54) is 22.8 Å². The van der Waals surface area contributed by atoms with Gasteiger partial charge in [0, 0.05) is 110 Å². The van der Waals surface area contributed by atoms with Crippen LogP contribution >= 0.6 is 0 Å². The number of phenols is 1. The standard InChI is InChI=1S/C10H14O.2C8H13N.C7H12N2O.C7H12N2.C7H14N2.2C7H12N2.C5H10N4.2CH4/c1-10(2,3)8-6-4-5-7-9(8)11;2*1-8(2,3)7-5-4-6-9-7;1-7(2,3)6-8-4-5(10)9-6;1-7(2,3)6-8-4-5-9-6;3*1-7(2,3)6-4-5-8-9-6;1-5(2,3)4-6-8-9-7-4;;/h4-7,11H,1-3H3;2*4-6,9H,1-3H3;4H2,1-3H3,(H,8,9,10);4-5H,1-3H3,(H,8,9);5-6,9H,4H2,1-3H3;2*4-5H,1-3H3,(H,8,9);1-3H3,(H,6,7,8,9);2*1H4. The summed E-state index contributed by atoms with van der Waals surface area (Å²) in [6.07, 6.45) is 14.1. The first kappa shape index (κ1) is 81.0. The Bertz CT molecular complexity index is 2480. The molecule has 18 nitrogen and oxygen atoms in total. The van der Waals surface area contributed by atoms with Crippen molar-refractivity contribution >= 4 is 18.0 Å². The first-order valence-corrected chi connectivity index (χ1v) is 29.2. The summed E-state index contributed by atoms with van der Waals surface area (Å²) in [5.41, 5.74) is 10.5. The highest BCUT2D eigenvalue weighted by atomic mass is 16.3. The second-order valence-electron chi connectivity index (χ2n) is 30.1. The van der Waals surface area contributed by atoms with Crippen LogP contribution in [0.5, 0.6) is 5.75 Å². The van der Waals surface area contributed by atoms with E-state index in [2.05, 4.69) is 239 Å². The van der Waals surface area contributed by atoms with Gasteiger partial charge < -0.3 is 30.8 Å². The molecule has 9 rings (SSSR count). The van der Waals surface area contributed by atoms with Crippen LogP contribution in [0.2, 0.25) is 0 Å². The van der Waals surface area contributed by atoms with Crippen LogP contribution in [0, 0.1) is 10.8 Å². The van der Waals surface area contributed by atoms with Crippen LogP contribution in [0.15, 0.2) is 108 Å². The van der Waals surface area contributed by atoms with Gasteiger partial charge in [-0.3, -0.25) is 20.0 Å². The zero-order chi connectivity index (χ0) is 64.6. The number of nitrogens with zero attached hydrogens (tertiary/aromatic N) is 8. The predicted molar refractivity (Wildman–Crippen MR) is 363 cm³/mol. The van der Waals surface area contributed by atoms with E-state index in [1.54, 1.807) is 24.7 Å². The van der Waals surface area contributed by atoms with E-state index in [-0.39, 0.29) is 64.1 Å². The fourth-order valence-corrected chi connectivity index (χ4v) is 6.89. The second kappa shape index (κ2) is 34.9. The number of aliphatic imine (C=N–C) groups is 1. The number of amides is 1. The molecule has 9 N–H and O–H groups in total. The molecule has 0 radical (unpaired) electrons. The zero-order valence-electron chi connectivity index (χ0n) is 56.7. The number of imidazole rings is 1. The van der Waals surface area contributed by atoms with E-state index in [1.807, 2.05) is 109 Å². The molecule has 1 amide bonds. The Balaban J connectivity index is 0. The third-order valence-electron chi connectivity index (χ3n) is 12.4. The molecule has 1 aromatic carbocycles. The maximum Gasteiger partial charge on any atom is 0.247 e. The van der Waals surface area contributed by atoms with Crippen LogP contribution in [-0.2, 0) is 42.7 Å². The van der Waals surface area contributed by atoms with Gasteiger partial charge in [0.1, 0.15) is 24.0 Å². The van der Waals surface area contributed by atoms with Gasteiger partial charge in [0.2, 0.25) is 5.91 Å². The number of amidine groups is 1. The molecule has 1 atom stereocenters. The van der Waals surface area contributed by atoms with Crippen LogP contribution in [0.4, 0.5) is 0 Å². The van der Waals surface area contributed by atoms with Gasteiger partial charge in [-0.25, -0.2) is 4.98 Å². The largest absolute Gasteiger partial charge is 0.508 e. The summed E-state index contributed by atoms with van der Waals surface area (Å²) in [5, 5.41) is 43.2. The third kappa shape index (κ3) is 33.0. The van der Waals surface area contributed by atoms with Crippen LogP contribution < -0.4 is 10.7 Å². The number of tetrazole rings is 1. The number of nitrogens with one attached hydrogen (secondary N) is 8. The molecular weight excluding hydrogens is 1070 g/mol. The van der Waals surface area contributed by atoms with Crippen molar-refractivity contribution in [2.45, 2.75) is 252 Å². The van der Waals surface area contributed by atoms with Crippen molar-refractivity contribution in [2.24, 2.45) is 20.9 Å². The molecule has 0 aliphatic carbocycles. The van der Waals surface area contributed by atoms with Crippen molar-refractivity contribution in [1.82, 2.24) is 71.7 Å². The van der Waals surface area contributed by atoms with Gasteiger partial charge in [-0.05, 0) is 58.9 Å². The fraction of sp³-hybridized carbons (Fsp3) is 0.603. The summed E-state index contributed by atoms with van der Waals surface area (Å²) in [5.74, 6) is 2.99. The van der Waals surface area contributed by atoms with Crippen molar-refractivity contribution in [3.63, 3.8) is 0 Å². The van der Waals surface area contributed by atoms with E-state index in [4.69, 9.17) is 0 Å². The maximum atomic E-state index is 10.7. The Morgan fingerprint density at radius 3 is 1.16 bits per heavy atom. The van der Waals surface area contributed by atoms with E-state index in [9.17, 15) is 9.90 Å². The SMILES string of the molecule is C.C.CC(C)(C)C1=NCC(=O)N1.CC(C)(C)C1CC=NN1.CC(C)(C)c1ccc[nH]1.CC(C)(C)c1ccc[nH]1.CC(C)(C)c1ccccc1O.CC(C)(C)c1ccn[nH]1.CC(C)(C)c1ccn[nH]1.CC(C)(C)c1ncc[nH]1.CC(C)(C)c1nn[nH]n1. The number of aromatic amines is 6. The Morgan fingerprint density at radius 1 is 0.500 bits per heavy atom. The number of rotatable bonds is 0. The average molecular weight is 1190 g/mol. The molecule has 1 unspecified atom stereocenters. The van der Waals surface area contributed by atoms with Gasteiger partial charge in [-0.2, -0.15) is 20.5 Å². The van der Waals surface area contributed by atoms with E-state index in [0.717, 1.165) is 29.5 Å². The minimum absolute atomic E-state index is 0. The van der Waals surface area contributed by atoms with E-state index in [0.29, 0.717) is 23.8 Å². The average Bonchev–Trinajstić information content (AvgIpc) is 4.41. The fourth-order valence-electron chi connectivity index (χ4n) is 6.89. The molecule has 7 aromatic rings. The molecular formula is C68H120N16O2. The molecule has 18 heteroatoms. The number of benzene rings is 1. The number of hydrazone groups is 1. The highest BCUT2D eigenvalue weighted by molar-refractivity contribution is 6.06. The molecule has 0 saturated carbocycles. The molecule has 8 heterocycles. The number of carbonyl (C=O) groups is 1. The maximum absolute atomic E-state index is 10.7. The molecule has 2 aliphatic rings. The summed E-state index contributed by atoms with van der Waals surface area (Å²) in [6.45, 7) is 57.9. The van der Waals surface area contributed by atoms with Crippen LogP contribution in [0.1, 0.15) is 248 Å². The number of aromatic nitrogens is 12.